The maximum atomic E-state index is 12.5. The molecule has 0 fully saturated rings. The van der Waals surface area contributed by atoms with Gasteiger partial charge in [-0.1, -0.05) is 57.2 Å². The Balaban J connectivity index is 2.07. The van der Waals surface area contributed by atoms with E-state index in [0.717, 1.165) is 5.56 Å². The van der Waals surface area contributed by atoms with Crippen molar-refractivity contribution >= 4 is 21.8 Å². The van der Waals surface area contributed by atoms with Gasteiger partial charge in [0, 0.05) is 17.5 Å². The smallest absolute Gasteiger partial charge is 0.269 e. The van der Waals surface area contributed by atoms with Gasteiger partial charge in [0.1, 0.15) is 0 Å². The first-order chi connectivity index (χ1) is 12.6. The van der Waals surface area contributed by atoms with Crippen molar-refractivity contribution in [2.45, 2.75) is 32.2 Å². The lowest BCUT2D eigenvalue weighted by atomic mass is 9.96. The van der Waals surface area contributed by atoms with Gasteiger partial charge in [-0.2, -0.15) is 0 Å². The number of rotatable bonds is 5. The Hall–Kier alpha value is -2.71. The summed E-state index contributed by atoms with van der Waals surface area (Å²) in [5.41, 5.74) is 4.88. The highest BCUT2D eigenvalue weighted by atomic mass is 32.2. The lowest BCUT2D eigenvalue weighted by molar-refractivity contribution is -0.129. The molecule has 8 heteroatoms. The van der Waals surface area contributed by atoms with Crippen LogP contribution in [0.4, 0.5) is 0 Å². The van der Waals surface area contributed by atoms with E-state index in [9.17, 15) is 18.0 Å². The Morgan fingerprint density at radius 2 is 1.59 bits per heavy atom. The quantitative estimate of drug-likeness (QED) is 0.680. The third-order valence-corrected chi connectivity index (χ3v) is 5.09. The second-order valence-electron chi connectivity index (χ2n) is 7.00. The fourth-order valence-corrected chi connectivity index (χ4v) is 3.10. The van der Waals surface area contributed by atoms with Crippen LogP contribution >= 0.6 is 0 Å². The highest BCUT2D eigenvalue weighted by molar-refractivity contribution is 7.89. The highest BCUT2D eigenvalue weighted by Crippen LogP contribution is 2.13. The summed E-state index contributed by atoms with van der Waals surface area (Å²) in [6, 6.07) is 14.7. The summed E-state index contributed by atoms with van der Waals surface area (Å²) in [5.74, 6) is -0.961. The van der Waals surface area contributed by atoms with Crippen LogP contribution in [0, 0.1) is 5.41 Å². The van der Waals surface area contributed by atoms with Crippen LogP contribution in [0.3, 0.4) is 0 Å². The first-order valence-electron chi connectivity index (χ1n) is 8.34. The van der Waals surface area contributed by atoms with Gasteiger partial charge in [0.25, 0.3) is 5.91 Å². The Morgan fingerprint density at radius 1 is 0.926 bits per heavy atom. The minimum absolute atomic E-state index is 0.0340. The van der Waals surface area contributed by atoms with E-state index in [1.165, 1.54) is 24.3 Å². The van der Waals surface area contributed by atoms with E-state index in [2.05, 4.69) is 15.6 Å². The Bertz CT molecular complexity index is 919. The fraction of sp³-hybridized carbons (Fsp3) is 0.263. The average molecular weight is 389 g/mol. The largest absolute Gasteiger partial charge is 0.273 e. The van der Waals surface area contributed by atoms with Crippen molar-refractivity contribution in [3.8, 4) is 0 Å². The van der Waals surface area contributed by atoms with Crippen LogP contribution in [-0.4, -0.2) is 20.2 Å². The first-order valence-corrected chi connectivity index (χ1v) is 9.82. The number of hydrogen-bond acceptors (Lipinski definition) is 4. The molecule has 0 aliphatic heterocycles. The molecular formula is C19H23N3O4S. The third kappa shape index (κ3) is 5.90. The molecular weight excluding hydrogens is 366 g/mol. The number of nitrogens with one attached hydrogen (secondary N) is 3. The number of amides is 2. The molecule has 7 nitrogen and oxygen atoms in total. The van der Waals surface area contributed by atoms with E-state index in [-0.39, 0.29) is 22.9 Å². The SMILES string of the molecule is CC(C)(C)C(=O)NNC(=O)c1cccc(S(=O)(=O)NCc2ccccc2)c1. The number of carbonyl (C=O) groups is 2. The summed E-state index contributed by atoms with van der Waals surface area (Å²) in [6.07, 6.45) is 0. The molecule has 2 rings (SSSR count). The molecule has 2 aromatic rings. The van der Waals surface area contributed by atoms with Crippen LogP contribution in [0.1, 0.15) is 36.7 Å². The molecule has 27 heavy (non-hydrogen) atoms. The maximum absolute atomic E-state index is 12.5. The zero-order chi connectivity index (χ0) is 20.1. The standard InChI is InChI=1S/C19H23N3O4S/c1-19(2,3)18(24)22-21-17(23)15-10-7-11-16(12-15)27(25,26)20-13-14-8-5-4-6-9-14/h4-12,20H,13H2,1-3H3,(H,21,23)(H,22,24). The summed E-state index contributed by atoms with van der Waals surface area (Å²) >= 11 is 0. The van der Waals surface area contributed by atoms with Crippen molar-refractivity contribution in [2.24, 2.45) is 5.41 Å². The van der Waals surface area contributed by atoms with E-state index >= 15 is 0 Å². The van der Waals surface area contributed by atoms with Crippen LogP contribution in [0.25, 0.3) is 0 Å². The predicted molar refractivity (Wildman–Crippen MR) is 102 cm³/mol. The summed E-state index contributed by atoms with van der Waals surface area (Å²) in [7, 11) is -3.79. The normalized spacial score (nSPS) is 11.7. The molecule has 0 aliphatic carbocycles. The second-order valence-corrected chi connectivity index (χ2v) is 8.76. The van der Waals surface area contributed by atoms with E-state index in [1.54, 1.807) is 20.8 Å². The molecule has 0 spiro atoms. The summed E-state index contributed by atoms with van der Waals surface area (Å²) in [4.78, 5) is 24.0. The van der Waals surface area contributed by atoms with Gasteiger partial charge in [0.05, 0.1) is 4.90 Å². The number of hydrogen-bond donors (Lipinski definition) is 3. The van der Waals surface area contributed by atoms with Crippen molar-refractivity contribution in [3.05, 3.63) is 65.7 Å². The molecule has 144 valence electrons. The minimum Gasteiger partial charge on any atom is -0.273 e. The monoisotopic (exact) mass is 389 g/mol. The number of benzene rings is 2. The van der Waals surface area contributed by atoms with Crippen LogP contribution in [-0.2, 0) is 21.4 Å². The van der Waals surface area contributed by atoms with Gasteiger partial charge in [0.2, 0.25) is 15.9 Å². The zero-order valence-corrected chi connectivity index (χ0v) is 16.3. The van der Waals surface area contributed by atoms with Crippen molar-refractivity contribution < 1.29 is 18.0 Å². The molecule has 0 atom stereocenters. The van der Waals surface area contributed by atoms with Crippen LogP contribution in [0.5, 0.6) is 0 Å². The number of carbonyl (C=O) groups excluding carboxylic acids is 2. The highest BCUT2D eigenvalue weighted by Gasteiger charge is 2.22. The van der Waals surface area contributed by atoms with E-state index < -0.39 is 21.3 Å². The average Bonchev–Trinajstić information content (AvgIpc) is 2.64. The summed E-state index contributed by atoms with van der Waals surface area (Å²) < 4.78 is 27.4. The molecule has 0 saturated carbocycles. The summed E-state index contributed by atoms with van der Waals surface area (Å²) in [5, 5.41) is 0. The van der Waals surface area contributed by atoms with Crippen molar-refractivity contribution in [3.63, 3.8) is 0 Å². The molecule has 2 aromatic carbocycles. The lowest BCUT2D eigenvalue weighted by Gasteiger charge is -2.18. The number of hydrazine groups is 1. The second kappa shape index (κ2) is 8.32. The van der Waals surface area contributed by atoms with Crippen molar-refractivity contribution in [2.75, 3.05) is 0 Å². The van der Waals surface area contributed by atoms with Crippen molar-refractivity contribution in [1.29, 1.82) is 0 Å². The minimum atomic E-state index is -3.79. The Kier molecular flexibility index (Phi) is 6.35. The molecule has 0 bridgehead atoms. The number of sulfonamides is 1. The van der Waals surface area contributed by atoms with Crippen LogP contribution in [0.15, 0.2) is 59.5 Å². The Morgan fingerprint density at radius 3 is 2.22 bits per heavy atom. The molecule has 0 aromatic heterocycles. The molecule has 0 unspecified atom stereocenters. The Labute approximate surface area is 159 Å². The van der Waals surface area contributed by atoms with Gasteiger partial charge in [-0.3, -0.25) is 20.4 Å². The topological polar surface area (TPSA) is 104 Å². The van der Waals surface area contributed by atoms with Crippen LogP contribution in [0.2, 0.25) is 0 Å². The van der Waals surface area contributed by atoms with Gasteiger partial charge in [0.15, 0.2) is 0 Å². The van der Waals surface area contributed by atoms with E-state index in [0.29, 0.717) is 0 Å². The lowest BCUT2D eigenvalue weighted by Crippen LogP contribution is -2.46. The zero-order valence-electron chi connectivity index (χ0n) is 15.4. The van der Waals surface area contributed by atoms with Gasteiger partial charge >= 0.3 is 0 Å². The molecule has 3 N–H and O–H groups in total. The van der Waals surface area contributed by atoms with Gasteiger partial charge in [-0.25, -0.2) is 13.1 Å². The van der Waals surface area contributed by atoms with Gasteiger partial charge in [-0.15, -0.1) is 0 Å². The van der Waals surface area contributed by atoms with Gasteiger partial charge < -0.3 is 0 Å². The van der Waals surface area contributed by atoms with Crippen LogP contribution < -0.4 is 15.6 Å². The molecule has 2 amide bonds. The van der Waals surface area contributed by atoms with Crippen molar-refractivity contribution in [1.82, 2.24) is 15.6 Å². The van der Waals surface area contributed by atoms with Gasteiger partial charge in [-0.05, 0) is 23.8 Å². The third-order valence-electron chi connectivity index (χ3n) is 3.69. The molecule has 0 heterocycles. The van der Waals surface area contributed by atoms with E-state index in [4.69, 9.17) is 0 Å². The first kappa shape index (κ1) is 20.6. The summed E-state index contributed by atoms with van der Waals surface area (Å²) in [6.45, 7) is 5.27. The maximum Gasteiger partial charge on any atom is 0.269 e. The fourth-order valence-electron chi connectivity index (χ4n) is 2.04. The molecule has 0 saturated heterocycles. The predicted octanol–water partition coefficient (Wildman–Crippen LogP) is 1.97. The molecule has 0 radical (unpaired) electrons. The molecule has 0 aliphatic rings. The van der Waals surface area contributed by atoms with E-state index in [1.807, 2.05) is 30.3 Å².